The zero-order valence-electron chi connectivity index (χ0n) is 15.9. The Kier molecular flexibility index (Phi) is 5.51. The molecular weight excluding hydrogens is 372 g/mol. The van der Waals surface area contributed by atoms with Crippen LogP contribution in [-0.4, -0.2) is 45.4 Å². The lowest BCUT2D eigenvalue weighted by Gasteiger charge is -2.21. The number of likely N-dealkylation sites (tertiary alicyclic amines) is 1. The number of nitrogens with zero attached hydrogens (tertiary/aromatic N) is 1. The third kappa shape index (κ3) is 4.13. The molecular formula is C22H26N2O3S. The Morgan fingerprint density at radius 1 is 0.929 bits per heavy atom. The fraction of sp³-hybridized carbons (Fsp3) is 0.409. The number of sulfone groups is 1. The zero-order chi connectivity index (χ0) is 19.6. The van der Waals surface area contributed by atoms with Crippen LogP contribution in [0.4, 0.5) is 0 Å². The molecule has 4 rings (SSSR count). The molecule has 6 heteroatoms. The van der Waals surface area contributed by atoms with Gasteiger partial charge in [0.1, 0.15) is 0 Å². The molecule has 2 atom stereocenters. The second kappa shape index (κ2) is 8.05. The van der Waals surface area contributed by atoms with Crippen LogP contribution in [0.5, 0.6) is 0 Å². The van der Waals surface area contributed by atoms with Gasteiger partial charge in [-0.05, 0) is 67.6 Å². The van der Waals surface area contributed by atoms with Gasteiger partial charge in [0, 0.05) is 18.7 Å². The van der Waals surface area contributed by atoms with Crippen LogP contribution in [0.15, 0.2) is 59.5 Å². The molecule has 0 bridgehead atoms. The number of carbonyl (C=O) groups excluding carboxylic acids is 1. The van der Waals surface area contributed by atoms with Crippen LogP contribution in [0.1, 0.15) is 28.8 Å². The zero-order valence-corrected chi connectivity index (χ0v) is 16.7. The number of rotatable bonds is 4. The second-order valence-electron chi connectivity index (χ2n) is 7.82. The lowest BCUT2D eigenvalue weighted by atomic mass is 9.92. The predicted octanol–water partition coefficient (Wildman–Crippen LogP) is 2.73. The summed E-state index contributed by atoms with van der Waals surface area (Å²) in [5, 5.41) is 3.45. The van der Waals surface area contributed by atoms with E-state index in [4.69, 9.17) is 0 Å². The summed E-state index contributed by atoms with van der Waals surface area (Å²) < 4.78 is 25.3. The van der Waals surface area contributed by atoms with Gasteiger partial charge in [-0.1, -0.05) is 30.3 Å². The Morgan fingerprint density at radius 2 is 1.54 bits per heavy atom. The smallest absolute Gasteiger partial charge is 0.253 e. The predicted molar refractivity (Wildman–Crippen MR) is 109 cm³/mol. The summed E-state index contributed by atoms with van der Waals surface area (Å²) in [6, 6.07) is 15.5. The van der Waals surface area contributed by atoms with Crippen LogP contribution in [0.3, 0.4) is 0 Å². The van der Waals surface area contributed by atoms with Crippen molar-refractivity contribution in [1.29, 1.82) is 0 Å². The molecule has 2 aliphatic heterocycles. The molecule has 0 spiro atoms. The molecule has 0 saturated carbocycles. The summed E-state index contributed by atoms with van der Waals surface area (Å²) in [6.07, 6.45) is 2.07. The van der Waals surface area contributed by atoms with E-state index in [0.717, 1.165) is 44.6 Å². The van der Waals surface area contributed by atoms with Gasteiger partial charge < -0.3 is 10.2 Å². The Hall–Kier alpha value is -2.18. The molecule has 2 saturated heterocycles. The summed E-state index contributed by atoms with van der Waals surface area (Å²) in [5.41, 5.74) is 1.32. The van der Waals surface area contributed by atoms with E-state index in [0.29, 0.717) is 17.4 Å². The first-order valence-corrected chi connectivity index (χ1v) is 11.5. The van der Waals surface area contributed by atoms with Crippen molar-refractivity contribution in [2.24, 2.45) is 11.8 Å². The van der Waals surface area contributed by atoms with Crippen LogP contribution in [0.25, 0.3) is 0 Å². The topological polar surface area (TPSA) is 66.5 Å². The molecule has 0 unspecified atom stereocenters. The van der Waals surface area contributed by atoms with E-state index in [1.807, 2.05) is 23.1 Å². The number of nitrogens with one attached hydrogen (secondary N) is 1. The van der Waals surface area contributed by atoms with Gasteiger partial charge in [-0.25, -0.2) is 8.42 Å². The number of carbonyl (C=O) groups is 1. The minimum atomic E-state index is -3.43. The SMILES string of the molecule is O=C(c1ccc(S(=O)(=O)Cc2ccccc2)cc1)N1CC[C@@H]2CNC[C@@H]2CC1. The Morgan fingerprint density at radius 3 is 2.14 bits per heavy atom. The Labute approximate surface area is 166 Å². The molecule has 2 aromatic rings. The minimum Gasteiger partial charge on any atom is -0.339 e. The maximum atomic E-state index is 12.9. The van der Waals surface area contributed by atoms with Gasteiger partial charge in [0.2, 0.25) is 0 Å². The van der Waals surface area contributed by atoms with E-state index in [1.54, 1.807) is 36.4 Å². The van der Waals surface area contributed by atoms with Crippen molar-refractivity contribution in [1.82, 2.24) is 10.2 Å². The number of benzene rings is 2. The van der Waals surface area contributed by atoms with Crippen LogP contribution < -0.4 is 5.32 Å². The molecule has 0 aliphatic carbocycles. The van der Waals surface area contributed by atoms with Gasteiger partial charge in [-0.3, -0.25) is 4.79 Å². The molecule has 148 valence electrons. The molecule has 2 heterocycles. The van der Waals surface area contributed by atoms with E-state index in [2.05, 4.69) is 5.32 Å². The van der Waals surface area contributed by atoms with Gasteiger partial charge in [-0.2, -0.15) is 0 Å². The van der Waals surface area contributed by atoms with Gasteiger partial charge in [-0.15, -0.1) is 0 Å². The van der Waals surface area contributed by atoms with Crippen molar-refractivity contribution in [3.05, 3.63) is 65.7 Å². The van der Waals surface area contributed by atoms with Crippen molar-refractivity contribution in [2.45, 2.75) is 23.5 Å². The lowest BCUT2D eigenvalue weighted by Crippen LogP contribution is -2.32. The van der Waals surface area contributed by atoms with E-state index in [1.165, 1.54) is 0 Å². The number of fused-ring (bicyclic) bond motifs is 1. The van der Waals surface area contributed by atoms with Crippen molar-refractivity contribution >= 4 is 15.7 Å². The molecule has 1 N–H and O–H groups in total. The quantitative estimate of drug-likeness (QED) is 0.860. The molecule has 5 nitrogen and oxygen atoms in total. The van der Waals surface area contributed by atoms with Crippen molar-refractivity contribution in [3.63, 3.8) is 0 Å². The fourth-order valence-electron chi connectivity index (χ4n) is 4.29. The molecule has 2 aromatic carbocycles. The number of hydrogen-bond donors (Lipinski definition) is 1. The van der Waals surface area contributed by atoms with E-state index in [-0.39, 0.29) is 16.6 Å². The van der Waals surface area contributed by atoms with E-state index < -0.39 is 9.84 Å². The average Bonchev–Trinajstić information content (AvgIpc) is 3.06. The third-order valence-corrected chi connectivity index (χ3v) is 7.67. The first kappa shape index (κ1) is 19.2. The highest BCUT2D eigenvalue weighted by atomic mass is 32.2. The Bertz CT molecular complexity index is 912. The highest BCUT2D eigenvalue weighted by Crippen LogP contribution is 2.28. The van der Waals surface area contributed by atoms with E-state index >= 15 is 0 Å². The minimum absolute atomic E-state index is 0.0000556. The summed E-state index contributed by atoms with van der Waals surface area (Å²) in [6.45, 7) is 3.66. The van der Waals surface area contributed by atoms with Crippen LogP contribution in [0.2, 0.25) is 0 Å². The molecule has 0 radical (unpaired) electrons. The van der Waals surface area contributed by atoms with Gasteiger partial charge in [0.25, 0.3) is 5.91 Å². The normalized spacial score (nSPS) is 22.5. The van der Waals surface area contributed by atoms with Gasteiger partial charge in [0.05, 0.1) is 10.6 Å². The summed E-state index contributed by atoms with van der Waals surface area (Å²) >= 11 is 0. The van der Waals surface area contributed by atoms with Crippen LogP contribution in [-0.2, 0) is 15.6 Å². The highest BCUT2D eigenvalue weighted by molar-refractivity contribution is 7.90. The first-order valence-electron chi connectivity index (χ1n) is 9.90. The fourth-order valence-corrected chi connectivity index (χ4v) is 5.63. The monoisotopic (exact) mass is 398 g/mol. The number of hydrogen-bond acceptors (Lipinski definition) is 4. The third-order valence-electron chi connectivity index (χ3n) is 5.97. The van der Waals surface area contributed by atoms with Crippen molar-refractivity contribution < 1.29 is 13.2 Å². The molecule has 2 aliphatic rings. The molecule has 2 fully saturated rings. The maximum absolute atomic E-state index is 12.9. The lowest BCUT2D eigenvalue weighted by molar-refractivity contribution is 0.0758. The van der Waals surface area contributed by atoms with Crippen molar-refractivity contribution in [3.8, 4) is 0 Å². The van der Waals surface area contributed by atoms with Crippen LogP contribution in [0, 0.1) is 11.8 Å². The summed E-state index contributed by atoms with van der Waals surface area (Å²) in [4.78, 5) is 15.1. The maximum Gasteiger partial charge on any atom is 0.253 e. The first-order chi connectivity index (χ1) is 13.5. The standard InChI is InChI=1S/C22H26N2O3S/c25-22(24-12-10-19-14-23-15-20(19)11-13-24)18-6-8-21(9-7-18)28(26,27)16-17-4-2-1-3-5-17/h1-9,19-20,23H,10-16H2/t19-,20+. The molecule has 28 heavy (non-hydrogen) atoms. The summed E-state index contributed by atoms with van der Waals surface area (Å²) in [7, 11) is -3.43. The van der Waals surface area contributed by atoms with Crippen molar-refractivity contribution in [2.75, 3.05) is 26.2 Å². The second-order valence-corrected chi connectivity index (χ2v) is 9.81. The summed E-state index contributed by atoms with van der Waals surface area (Å²) in [5.74, 6) is 1.30. The van der Waals surface area contributed by atoms with E-state index in [9.17, 15) is 13.2 Å². The Balaban J connectivity index is 1.44. The average molecular weight is 399 g/mol. The largest absolute Gasteiger partial charge is 0.339 e. The molecule has 0 aromatic heterocycles. The number of amides is 1. The van der Waals surface area contributed by atoms with Crippen LogP contribution >= 0.6 is 0 Å². The van der Waals surface area contributed by atoms with Gasteiger partial charge >= 0.3 is 0 Å². The highest BCUT2D eigenvalue weighted by Gasteiger charge is 2.31. The van der Waals surface area contributed by atoms with Gasteiger partial charge in [0.15, 0.2) is 9.84 Å². The molecule has 1 amide bonds.